The molecule has 0 saturated carbocycles. The maximum Gasteiger partial charge on any atom is 0.514 e. The maximum atomic E-state index is 13.1. The van der Waals surface area contributed by atoms with Crippen molar-refractivity contribution in [3.05, 3.63) is 23.5 Å². The van der Waals surface area contributed by atoms with Crippen molar-refractivity contribution in [3.8, 4) is 5.75 Å². The number of nitrogens with zero attached hydrogens (tertiary/aromatic N) is 1. The molecular formula is C24H29Cl3N2O10. The van der Waals surface area contributed by atoms with Crippen molar-refractivity contribution in [2.75, 3.05) is 13.2 Å². The lowest BCUT2D eigenvalue weighted by Gasteiger charge is -2.29. The van der Waals surface area contributed by atoms with Crippen LogP contribution < -0.4 is 10.1 Å². The zero-order valence-electron chi connectivity index (χ0n) is 21.8. The van der Waals surface area contributed by atoms with E-state index in [9.17, 15) is 24.0 Å². The van der Waals surface area contributed by atoms with E-state index < -0.39 is 77.1 Å². The molecule has 12 nitrogen and oxygen atoms in total. The highest BCUT2D eigenvalue weighted by Crippen LogP contribution is 2.27. The van der Waals surface area contributed by atoms with Gasteiger partial charge in [-0.25, -0.2) is 14.6 Å². The second-order valence-electron chi connectivity index (χ2n) is 8.93. The van der Waals surface area contributed by atoms with Crippen molar-refractivity contribution >= 4 is 64.8 Å². The highest BCUT2D eigenvalue weighted by atomic mass is 35.6. The van der Waals surface area contributed by atoms with Crippen molar-refractivity contribution in [1.82, 2.24) is 10.3 Å². The van der Waals surface area contributed by atoms with Crippen LogP contribution in [0.3, 0.4) is 0 Å². The molecule has 2 rings (SSSR count). The Morgan fingerprint density at radius 3 is 2.46 bits per heavy atom. The van der Waals surface area contributed by atoms with Crippen LogP contribution in [-0.4, -0.2) is 70.2 Å². The number of nitrogens with one attached hydrogen (secondary N) is 1. The predicted octanol–water partition coefficient (Wildman–Crippen LogP) is 3.46. The van der Waals surface area contributed by atoms with E-state index in [1.165, 1.54) is 26.1 Å². The number of carbonyl (C=O) groups is 5. The van der Waals surface area contributed by atoms with Crippen LogP contribution in [0, 0.1) is 18.8 Å². The number of hydrogen-bond donors (Lipinski definition) is 1. The minimum Gasteiger partial charge on any atom is -0.463 e. The first-order chi connectivity index (χ1) is 18.1. The second kappa shape index (κ2) is 14.0. The quantitative estimate of drug-likeness (QED) is 0.274. The van der Waals surface area contributed by atoms with E-state index in [4.69, 9.17) is 58.5 Å². The Bertz CT molecular complexity index is 1090. The zero-order valence-corrected chi connectivity index (χ0v) is 24.1. The van der Waals surface area contributed by atoms with Gasteiger partial charge in [0.1, 0.15) is 19.3 Å². The molecule has 2 heterocycles. The first-order valence-corrected chi connectivity index (χ1v) is 13.0. The van der Waals surface area contributed by atoms with Gasteiger partial charge in [-0.05, 0) is 31.9 Å². The third-order valence-corrected chi connectivity index (χ3v) is 5.79. The molecule has 1 aromatic heterocycles. The Labute approximate surface area is 239 Å². The Morgan fingerprint density at radius 2 is 1.87 bits per heavy atom. The summed E-state index contributed by atoms with van der Waals surface area (Å²) in [5.74, 6) is -4.91. The van der Waals surface area contributed by atoms with Crippen molar-refractivity contribution in [2.45, 2.75) is 63.1 Å². The van der Waals surface area contributed by atoms with Crippen LogP contribution in [0.2, 0.25) is 0 Å². The van der Waals surface area contributed by atoms with Crippen LogP contribution in [0.4, 0.5) is 4.79 Å². The largest absolute Gasteiger partial charge is 0.514 e. The smallest absolute Gasteiger partial charge is 0.463 e. The van der Waals surface area contributed by atoms with Crippen LogP contribution in [0.5, 0.6) is 5.75 Å². The van der Waals surface area contributed by atoms with Crippen molar-refractivity contribution in [1.29, 1.82) is 0 Å². The summed E-state index contributed by atoms with van der Waals surface area (Å²) in [5.41, 5.74) is -0.0678. The predicted molar refractivity (Wildman–Crippen MR) is 138 cm³/mol. The Morgan fingerprint density at radius 1 is 1.21 bits per heavy atom. The summed E-state index contributed by atoms with van der Waals surface area (Å²) in [4.78, 5) is 67.1. The zero-order chi connectivity index (χ0) is 29.5. The average molecular weight is 612 g/mol. The minimum atomic E-state index is -1.89. The third kappa shape index (κ3) is 9.40. The van der Waals surface area contributed by atoms with Crippen molar-refractivity contribution in [3.63, 3.8) is 0 Å². The molecule has 1 N–H and O–H groups in total. The molecule has 216 valence electrons. The van der Waals surface area contributed by atoms with E-state index in [0.717, 1.165) is 0 Å². The molecule has 1 aliphatic rings. The van der Waals surface area contributed by atoms with E-state index in [1.807, 2.05) is 0 Å². The molecule has 1 aliphatic heterocycles. The lowest BCUT2D eigenvalue weighted by Crippen LogP contribution is -2.47. The molecular weight excluding hydrogens is 583 g/mol. The molecule has 0 spiro atoms. The first-order valence-electron chi connectivity index (χ1n) is 11.9. The SMILES string of the molecule is CC[C@H]1C(=O)OC[C@H](NC(=O)c2nccc(C)c2OC(=O)OCC(Cl)(Cl)Cl)C(=O)O[C@@H](C)[C@@H]1OC(=O)C(C)C. The topological polar surface area (TPSA) is 156 Å². The monoisotopic (exact) mass is 610 g/mol. The maximum absolute atomic E-state index is 13.1. The Balaban J connectivity index is 2.25. The number of halogens is 3. The van der Waals surface area contributed by atoms with Crippen molar-refractivity contribution < 1.29 is 47.7 Å². The lowest BCUT2D eigenvalue weighted by atomic mass is 9.95. The fourth-order valence-electron chi connectivity index (χ4n) is 3.40. The van der Waals surface area contributed by atoms with Gasteiger partial charge in [-0.2, -0.15) is 0 Å². The Hall–Kier alpha value is -2.83. The van der Waals surface area contributed by atoms with E-state index in [1.54, 1.807) is 20.8 Å². The van der Waals surface area contributed by atoms with Crippen molar-refractivity contribution in [2.24, 2.45) is 11.8 Å². The molecule has 15 heteroatoms. The number of cyclic esters (lactones) is 2. The number of ether oxygens (including phenoxy) is 5. The first kappa shape index (κ1) is 32.4. The summed E-state index contributed by atoms with van der Waals surface area (Å²) in [6, 6.07) is -0.0115. The average Bonchev–Trinajstić information content (AvgIpc) is 2.88. The van der Waals surface area contributed by atoms with Gasteiger partial charge >= 0.3 is 24.1 Å². The van der Waals surface area contributed by atoms with Gasteiger partial charge in [-0.15, -0.1) is 0 Å². The number of aryl methyl sites for hydroxylation is 1. The van der Waals surface area contributed by atoms with Crippen LogP contribution in [0.15, 0.2) is 12.3 Å². The van der Waals surface area contributed by atoms with Gasteiger partial charge in [0.15, 0.2) is 23.6 Å². The fraction of sp³-hybridized carbons (Fsp3) is 0.583. The number of aromatic nitrogens is 1. The number of amides is 1. The van der Waals surface area contributed by atoms with E-state index >= 15 is 0 Å². The molecule has 0 bridgehead atoms. The highest BCUT2D eigenvalue weighted by molar-refractivity contribution is 6.67. The van der Waals surface area contributed by atoms with Gasteiger partial charge < -0.3 is 29.0 Å². The van der Waals surface area contributed by atoms with Gasteiger partial charge in [0.05, 0.1) is 11.8 Å². The van der Waals surface area contributed by atoms with Gasteiger partial charge in [0.2, 0.25) is 3.79 Å². The van der Waals surface area contributed by atoms with Crippen LogP contribution in [0.1, 0.15) is 50.2 Å². The van der Waals surface area contributed by atoms with Crippen LogP contribution in [0.25, 0.3) is 0 Å². The fourth-order valence-corrected chi connectivity index (χ4v) is 3.56. The number of alkyl halides is 3. The summed E-state index contributed by atoms with van der Waals surface area (Å²) in [5, 5.41) is 2.37. The summed E-state index contributed by atoms with van der Waals surface area (Å²) >= 11 is 16.7. The van der Waals surface area contributed by atoms with E-state index in [2.05, 4.69) is 10.3 Å². The van der Waals surface area contributed by atoms with Gasteiger partial charge in [-0.1, -0.05) is 55.6 Å². The standard InChI is InChI=1S/C24H29Cl3N2O10/c1-6-14-18(38-20(31)11(2)3)13(5)37-22(33)15(9-35-21(14)32)29-19(30)16-17(12(4)7-8-28-16)39-23(34)36-10-24(25,26)27/h7-8,11,13-15,18H,6,9-10H2,1-5H3,(H,29,30)/t13-,14+,15-,18-/m0/s1. The number of pyridine rings is 1. The highest BCUT2D eigenvalue weighted by Gasteiger charge is 2.41. The molecule has 0 aliphatic carbocycles. The normalized spacial score (nSPS) is 22.0. The second-order valence-corrected chi connectivity index (χ2v) is 11.4. The number of rotatable bonds is 7. The van der Waals surface area contributed by atoms with Gasteiger partial charge in [-0.3, -0.25) is 14.4 Å². The molecule has 4 atom stereocenters. The lowest BCUT2D eigenvalue weighted by molar-refractivity contribution is -0.176. The molecule has 0 unspecified atom stereocenters. The summed E-state index contributed by atoms with van der Waals surface area (Å²) in [6.45, 7) is 6.72. The van der Waals surface area contributed by atoms with Gasteiger partial charge in [0.25, 0.3) is 5.91 Å². The van der Waals surface area contributed by atoms with Crippen LogP contribution >= 0.6 is 34.8 Å². The molecule has 1 amide bonds. The Kier molecular flexibility index (Phi) is 11.6. The van der Waals surface area contributed by atoms with Crippen LogP contribution in [-0.2, 0) is 33.3 Å². The number of carbonyl (C=O) groups excluding carboxylic acids is 5. The number of hydrogen-bond acceptors (Lipinski definition) is 11. The summed E-state index contributed by atoms with van der Waals surface area (Å²) < 4.78 is 24.1. The third-order valence-electron chi connectivity index (χ3n) is 5.47. The molecule has 1 saturated heterocycles. The molecule has 1 fully saturated rings. The summed E-state index contributed by atoms with van der Waals surface area (Å²) in [7, 11) is 0. The molecule has 0 radical (unpaired) electrons. The van der Waals surface area contributed by atoms with E-state index in [0.29, 0.717) is 5.56 Å². The van der Waals surface area contributed by atoms with Gasteiger partial charge in [0, 0.05) is 6.20 Å². The molecule has 0 aromatic carbocycles. The minimum absolute atomic E-state index is 0.232. The van der Waals surface area contributed by atoms with E-state index in [-0.39, 0.29) is 17.9 Å². The molecule has 1 aromatic rings. The molecule has 39 heavy (non-hydrogen) atoms. The number of esters is 3. The summed E-state index contributed by atoms with van der Waals surface area (Å²) in [6.07, 6.45) is -1.92.